The molecule has 0 fully saturated rings. The summed E-state index contributed by atoms with van der Waals surface area (Å²) >= 11 is 5.96. The summed E-state index contributed by atoms with van der Waals surface area (Å²) in [5.74, 6) is 0.582. The molecule has 0 amide bonds. The first kappa shape index (κ1) is 15.5. The third-order valence-electron chi connectivity index (χ3n) is 3.00. The van der Waals surface area contributed by atoms with Gasteiger partial charge in [-0.25, -0.2) is 0 Å². The zero-order chi connectivity index (χ0) is 16.1. The van der Waals surface area contributed by atoms with E-state index < -0.39 is 4.92 Å². The van der Waals surface area contributed by atoms with Gasteiger partial charge in [-0.15, -0.1) is 0 Å². The van der Waals surface area contributed by atoms with Crippen molar-refractivity contribution < 1.29 is 9.66 Å². The van der Waals surface area contributed by atoms with Gasteiger partial charge < -0.3 is 4.74 Å². The molecule has 0 N–H and O–H groups in total. The minimum atomic E-state index is -0.487. The quantitative estimate of drug-likeness (QED) is 0.364. The average Bonchev–Trinajstić information content (AvgIpc) is 2.53. The van der Waals surface area contributed by atoms with Gasteiger partial charge in [-0.1, -0.05) is 11.6 Å². The van der Waals surface area contributed by atoms with E-state index in [1.165, 1.54) is 31.4 Å². The minimum Gasteiger partial charge on any atom is -0.496 e. The number of nitrogens with zero attached hydrogens (tertiary/aromatic N) is 2. The summed E-state index contributed by atoms with van der Waals surface area (Å²) in [5, 5.41) is 20.5. The summed E-state index contributed by atoms with van der Waals surface area (Å²) < 4.78 is 5.23. The Kier molecular flexibility index (Phi) is 4.77. The van der Waals surface area contributed by atoms with Crippen molar-refractivity contribution in [2.75, 3.05) is 7.11 Å². The Labute approximate surface area is 132 Å². The van der Waals surface area contributed by atoms with Crippen LogP contribution in [-0.4, -0.2) is 12.0 Å². The molecule has 0 aliphatic heterocycles. The van der Waals surface area contributed by atoms with Gasteiger partial charge in [-0.3, -0.25) is 10.1 Å². The standard InChI is InChI=1S/C16H11ClN2O3/c1-22-16-7-4-14(17)9-12(16)8-13(10-18)11-2-5-15(6-3-11)19(20)21/h2-9H,1H3/b13-8-. The normalized spacial score (nSPS) is 10.9. The number of hydrogen-bond donors (Lipinski definition) is 0. The molecule has 0 saturated carbocycles. The lowest BCUT2D eigenvalue weighted by Crippen LogP contribution is -1.90. The van der Waals surface area contributed by atoms with Gasteiger partial charge in [0.2, 0.25) is 0 Å². The molecule has 0 aliphatic carbocycles. The average molecular weight is 315 g/mol. The molecule has 0 bridgehead atoms. The Morgan fingerprint density at radius 2 is 2.00 bits per heavy atom. The van der Waals surface area contributed by atoms with Gasteiger partial charge in [0.15, 0.2) is 0 Å². The zero-order valence-corrected chi connectivity index (χ0v) is 12.4. The van der Waals surface area contributed by atoms with Crippen molar-refractivity contribution in [3.63, 3.8) is 0 Å². The van der Waals surface area contributed by atoms with Crippen LogP contribution in [0, 0.1) is 21.4 Å². The molecule has 2 aromatic carbocycles. The molecule has 0 spiro atoms. The zero-order valence-electron chi connectivity index (χ0n) is 11.6. The molecule has 0 aromatic heterocycles. The van der Waals surface area contributed by atoms with E-state index in [0.29, 0.717) is 27.5 Å². The molecule has 2 aromatic rings. The van der Waals surface area contributed by atoms with Crippen LogP contribution in [0.25, 0.3) is 11.6 Å². The molecule has 0 saturated heterocycles. The third-order valence-corrected chi connectivity index (χ3v) is 3.24. The molecule has 110 valence electrons. The summed E-state index contributed by atoms with van der Waals surface area (Å²) in [6.07, 6.45) is 1.63. The van der Waals surface area contributed by atoms with Crippen molar-refractivity contribution in [1.82, 2.24) is 0 Å². The van der Waals surface area contributed by atoms with Crippen LogP contribution in [0.15, 0.2) is 42.5 Å². The molecule has 0 unspecified atom stereocenters. The van der Waals surface area contributed by atoms with E-state index in [1.807, 2.05) is 0 Å². The Morgan fingerprint density at radius 3 is 2.55 bits per heavy atom. The highest BCUT2D eigenvalue weighted by atomic mass is 35.5. The van der Waals surface area contributed by atoms with Gasteiger partial charge >= 0.3 is 0 Å². The van der Waals surface area contributed by atoms with Crippen molar-refractivity contribution in [3.05, 3.63) is 68.7 Å². The fourth-order valence-electron chi connectivity index (χ4n) is 1.92. The fraction of sp³-hybridized carbons (Fsp3) is 0.0625. The lowest BCUT2D eigenvalue weighted by Gasteiger charge is -2.06. The van der Waals surface area contributed by atoms with Crippen LogP contribution in [0.1, 0.15) is 11.1 Å². The van der Waals surface area contributed by atoms with Crippen LogP contribution >= 0.6 is 11.6 Å². The van der Waals surface area contributed by atoms with E-state index in [9.17, 15) is 15.4 Å². The second-order valence-electron chi connectivity index (χ2n) is 4.36. The number of nitro benzene ring substituents is 1. The van der Waals surface area contributed by atoms with E-state index in [4.69, 9.17) is 16.3 Å². The van der Waals surface area contributed by atoms with Crippen LogP contribution < -0.4 is 4.74 Å². The van der Waals surface area contributed by atoms with Gasteiger partial charge in [0.25, 0.3) is 5.69 Å². The Balaban J connectivity index is 2.46. The van der Waals surface area contributed by atoms with Gasteiger partial charge in [0.05, 0.1) is 23.7 Å². The second kappa shape index (κ2) is 6.74. The second-order valence-corrected chi connectivity index (χ2v) is 4.80. The molecular weight excluding hydrogens is 304 g/mol. The maximum absolute atomic E-state index is 10.7. The number of nitro groups is 1. The van der Waals surface area contributed by atoms with Crippen LogP contribution in [-0.2, 0) is 0 Å². The van der Waals surface area contributed by atoms with Gasteiger partial charge in [0, 0.05) is 22.7 Å². The van der Waals surface area contributed by atoms with Crippen molar-refractivity contribution in [2.45, 2.75) is 0 Å². The summed E-state index contributed by atoms with van der Waals surface area (Å²) in [5.41, 5.74) is 1.57. The largest absolute Gasteiger partial charge is 0.496 e. The summed E-state index contributed by atoms with van der Waals surface area (Å²) in [4.78, 5) is 10.2. The molecule has 2 rings (SSSR count). The minimum absolute atomic E-state index is 0.0265. The molecule has 22 heavy (non-hydrogen) atoms. The van der Waals surface area contributed by atoms with Gasteiger partial charge in [-0.05, 0) is 42.0 Å². The van der Waals surface area contributed by atoms with Crippen LogP contribution in [0.4, 0.5) is 5.69 Å². The molecule has 5 nitrogen and oxygen atoms in total. The smallest absolute Gasteiger partial charge is 0.269 e. The SMILES string of the molecule is COc1ccc(Cl)cc1/C=C(/C#N)c1ccc([N+](=O)[O-])cc1. The highest BCUT2D eigenvalue weighted by molar-refractivity contribution is 6.30. The number of benzene rings is 2. The number of hydrogen-bond acceptors (Lipinski definition) is 4. The number of nitriles is 1. The monoisotopic (exact) mass is 314 g/mol. The first-order valence-corrected chi connectivity index (χ1v) is 6.63. The van der Waals surface area contributed by atoms with Crippen molar-refractivity contribution in [3.8, 4) is 11.8 Å². The molecule has 6 heteroatoms. The van der Waals surface area contributed by atoms with Crippen molar-refractivity contribution in [2.24, 2.45) is 0 Å². The Morgan fingerprint density at radius 1 is 1.32 bits per heavy atom. The lowest BCUT2D eigenvalue weighted by molar-refractivity contribution is -0.384. The first-order valence-electron chi connectivity index (χ1n) is 6.25. The van der Waals surface area contributed by atoms with Crippen LogP contribution in [0.3, 0.4) is 0 Å². The maximum atomic E-state index is 10.7. The first-order chi connectivity index (χ1) is 10.5. The van der Waals surface area contributed by atoms with E-state index in [2.05, 4.69) is 6.07 Å². The fourth-order valence-corrected chi connectivity index (χ4v) is 2.10. The topological polar surface area (TPSA) is 76.2 Å². The van der Waals surface area contributed by atoms with Gasteiger partial charge in [0.1, 0.15) is 5.75 Å². The highest BCUT2D eigenvalue weighted by Crippen LogP contribution is 2.28. The Hall–Kier alpha value is -2.84. The molecule has 0 aliphatic rings. The van der Waals surface area contributed by atoms with Crippen LogP contribution in [0.5, 0.6) is 5.75 Å². The van der Waals surface area contributed by atoms with Crippen molar-refractivity contribution in [1.29, 1.82) is 5.26 Å². The van der Waals surface area contributed by atoms with Crippen LogP contribution in [0.2, 0.25) is 5.02 Å². The van der Waals surface area contributed by atoms with E-state index >= 15 is 0 Å². The predicted molar refractivity (Wildman–Crippen MR) is 84.6 cm³/mol. The summed E-state index contributed by atoms with van der Waals surface area (Å²) in [6.45, 7) is 0. The third kappa shape index (κ3) is 3.43. The highest BCUT2D eigenvalue weighted by Gasteiger charge is 2.08. The molecule has 0 heterocycles. The number of ether oxygens (including phenoxy) is 1. The van der Waals surface area contributed by atoms with E-state index in [0.717, 1.165) is 0 Å². The number of halogens is 1. The molecule has 0 atom stereocenters. The van der Waals surface area contributed by atoms with Crippen molar-refractivity contribution >= 4 is 28.9 Å². The van der Waals surface area contributed by atoms with Gasteiger partial charge in [-0.2, -0.15) is 5.26 Å². The molecular formula is C16H11ClN2O3. The molecule has 0 radical (unpaired) electrons. The maximum Gasteiger partial charge on any atom is 0.269 e. The predicted octanol–water partition coefficient (Wildman–Crippen LogP) is 4.32. The van der Waals surface area contributed by atoms with E-state index in [-0.39, 0.29) is 5.69 Å². The Bertz CT molecular complexity index is 777. The number of non-ortho nitro benzene ring substituents is 1. The lowest BCUT2D eigenvalue weighted by atomic mass is 10.0. The number of methoxy groups -OCH3 is 1. The summed E-state index contributed by atoms with van der Waals surface area (Å²) in [6, 6.07) is 12.9. The number of rotatable bonds is 4. The summed E-state index contributed by atoms with van der Waals surface area (Å²) in [7, 11) is 1.53. The van der Waals surface area contributed by atoms with E-state index in [1.54, 1.807) is 24.3 Å². The number of allylic oxidation sites excluding steroid dienone is 1.